The summed E-state index contributed by atoms with van der Waals surface area (Å²) in [4.78, 5) is 17.1. The van der Waals surface area contributed by atoms with Crippen molar-refractivity contribution in [3.8, 4) is 0 Å². The van der Waals surface area contributed by atoms with E-state index in [2.05, 4.69) is 47.4 Å². The quantitative estimate of drug-likeness (QED) is 0.846. The van der Waals surface area contributed by atoms with E-state index in [4.69, 9.17) is 0 Å². The van der Waals surface area contributed by atoms with Gasteiger partial charge in [-0.25, -0.2) is 0 Å². The molecule has 3 nitrogen and oxygen atoms in total. The molecule has 23 heavy (non-hydrogen) atoms. The molecule has 1 amide bonds. The van der Waals surface area contributed by atoms with Gasteiger partial charge in [-0.15, -0.1) is 0 Å². The molecule has 0 radical (unpaired) electrons. The number of carbonyl (C=O) groups is 1. The monoisotopic (exact) mass is 306 g/mol. The van der Waals surface area contributed by atoms with Crippen molar-refractivity contribution in [2.45, 2.75) is 31.8 Å². The van der Waals surface area contributed by atoms with Crippen LogP contribution < -0.4 is 4.90 Å². The van der Waals surface area contributed by atoms with Gasteiger partial charge in [0, 0.05) is 24.8 Å². The molecule has 0 saturated heterocycles. The summed E-state index contributed by atoms with van der Waals surface area (Å²) in [5, 5.41) is 0. The minimum absolute atomic E-state index is 0.234. The van der Waals surface area contributed by atoms with E-state index < -0.39 is 0 Å². The molecule has 0 bridgehead atoms. The van der Waals surface area contributed by atoms with Crippen molar-refractivity contribution in [1.82, 2.24) is 4.90 Å². The Hall–Kier alpha value is -2.13. The average molecular weight is 306 g/mol. The lowest BCUT2D eigenvalue weighted by Crippen LogP contribution is -2.40. The third-order valence-electron chi connectivity index (χ3n) is 4.82. The highest BCUT2D eigenvalue weighted by Gasteiger charge is 2.32. The van der Waals surface area contributed by atoms with Crippen LogP contribution in [0.25, 0.3) is 0 Å². The number of nitrogens with zero attached hydrogens (tertiary/aromatic N) is 2. The van der Waals surface area contributed by atoms with Crippen molar-refractivity contribution >= 4 is 11.6 Å². The Morgan fingerprint density at radius 2 is 1.78 bits per heavy atom. The molecule has 0 aromatic heterocycles. The van der Waals surface area contributed by atoms with Crippen molar-refractivity contribution < 1.29 is 4.79 Å². The first-order valence-corrected chi connectivity index (χ1v) is 8.47. The second kappa shape index (κ2) is 6.17. The molecule has 0 unspecified atom stereocenters. The number of benzene rings is 2. The molecule has 1 aliphatic heterocycles. The SMILES string of the molecule is O=C(CN(Cc1ccccc1)C1CC1)N1CCc2ccccc21. The first kappa shape index (κ1) is 14.5. The number of anilines is 1. The highest BCUT2D eigenvalue weighted by atomic mass is 16.2. The molecule has 118 valence electrons. The van der Waals surface area contributed by atoms with E-state index in [-0.39, 0.29) is 5.91 Å². The van der Waals surface area contributed by atoms with E-state index in [0.29, 0.717) is 12.6 Å². The summed E-state index contributed by atoms with van der Waals surface area (Å²) < 4.78 is 0. The first-order chi connectivity index (χ1) is 11.3. The fraction of sp³-hybridized carbons (Fsp3) is 0.350. The summed E-state index contributed by atoms with van der Waals surface area (Å²) in [6, 6.07) is 19.3. The molecule has 3 heteroatoms. The van der Waals surface area contributed by atoms with Gasteiger partial charge in [-0.3, -0.25) is 9.69 Å². The van der Waals surface area contributed by atoms with Crippen molar-refractivity contribution in [1.29, 1.82) is 0 Å². The number of rotatable bonds is 5. The summed E-state index contributed by atoms with van der Waals surface area (Å²) in [6.07, 6.45) is 3.41. The number of carbonyl (C=O) groups excluding carboxylic acids is 1. The molecule has 1 aliphatic carbocycles. The Morgan fingerprint density at radius 1 is 1.04 bits per heavy atom. The lowest BCUT2D eigenvalue weighted by atomic mass is 10.2. The standard InChI is InChI=1S/C20H22N2O/c23-20(22-13-12-17-8-4-5-9-19(17)22)15-21(18-10-11-18)14-16-6-2-1-3-7-16/h1-9,18H,10-15H2. The van der Waals surface area contributed by atoms with Gasteiger partial charge in [0.25, 0.3) is 0 Å². The van der Waals surface area contributed by atoms with Gasteiger partial charge < -0.3 is 4.90 Å². The Balaban J connectivity index is 1.46. The van der Waals surface area contributed by atoms with Crippen LogP contribution in [-0.4, -0.2) is 29.9 Å². The normalized spacial score (nSPS) is 16.7. The van der Waals surface area contributed by atoms with Crippen LogP contribution in [0.1, 0.15) is 24.0 Å². The van der Waals surface area contributed by atoms with Crippen LogP contribution >= 0.6 is 0 Å². The van der Waals surface area contributed by atoms with E-state index in [1.165, 1.54) is 24.0 Å². The molecular formula is C20H22N2O. The average Bonchev–Trinajstić information content (AvgIpc) is 3.34. The lowest BCUT2D eigenvalue weighted by molar-refractivity contribution is -0.119. The van der Waals surface area contributed by atoms with E-state index in [0.717, 1.165) is 25.2 Å². The maximum atomic E-state index is 12.8. The Morgan fingerprint density at radius 3 is 2.57 bits per heavy atom. The van der Waals surface area contributed by atoms with Crippen LogP contribution in [0, 0.1) is 0 Å². The van der Waals surface area contributed by atoms with Crippen molar-refractivity contribution in [3.63, 3.8) is 0 Å². The smallest absolute Gasteiger partial charge is 0.241 e. The molecule has 2 aliphatic rings. The molecule has 2 aromatic rings. The van der Waals surface area contributed by atoms with Gasteiger partial charge >= 0.3 is 0 Å². The molecule has 0 spiro atoms. The predicted molar refractivity (Wildman–Crippen MR) is 92.4 cm³/mol. The van der Waals surface area contributed by atoms with Gasteiger partial charge in [-0.2, -0.15) is 0 Å². The first-order valence-electron chi connectivity index (χ1n) is 8.47. The molecular weight excluding hydrogens is 284 g/mol. The molecule has 0 N–H and O–H groups in total. The Kier molecular flexibility index (Phi) is 3.88. The van der Waals surface area contributed by atoms with E-state index in [1.54, 1.807) is 0 Å². The summed E-state index contributed by atoms with van der Waals surface area (Å²) >= 11 is 0. The molecule has 1 saturated carbocycles. The number of hydrogen-bond donors (Lipinski definition) is 0. The molecule has 2 aromatic carbocycles. The van der Waals surface area contributed by atoms with Crippen LogP contribution in [0.2, 0.25) is 0 Å². The minimum Gasteiger partial charge on any atom is -0.311 e. The number of para-hydroxylation sites is 1. The summed E-state index contributed by atoms with van der Waals surface area (Å²) in [6.45, 7) is 2.21. The van der Waals surface area contributed by atoms with E-state index >= 15 is 0 Å². The summed E-state index contributed by atoms with van der Waals surface area (Å²) in [7, 11) is 0. The molecule has 4 rings (SSSR count). The lowest BCUT2D eigenvalue weighted by Gasteiger charge is -2.25. The molecule has 1 heterocycles. The fourth-order valence-electron chi connectivity index (χ4n) is 3.43. The van der Waals surface area contributed by atoms with Crippen LogP contribution in [0.5, 0.6) is 0 Å². The van der Waals surface area contributed by atoms with Crippen molar-refractivity contribution in [2.75, 3.05) is 18.0 Å². The maximum absolute atomic E-state index is 12.8. The number of amides is 1. The second-order valence-corrected chi connectivity index (χ2v) is 6.55. The highest BCUT2D eigenvalue weighted by molar-refractivity contribution is 5.96. The summed E-state index contributed by atoms with van der Waals surface area (Å²) in [5.74, 6) is 0.234. The van der Waals surface area contributed by atoms with Crippen LogP contribution in [0.4, 0.5) is 5.69 Å². The third-order valence-corrected chi connectivity index (χ3v) is 4.82. The number of fused-ring (bicyclic) bond motifs is 1. The molecule has 0 atom stereocenters. The Bertz CT molecular complexity index is 694. The van der Waals surface area contributed by atoms with Crippen LogP contribution in [0.3, 0.4) is 0 Å². The fourth-order valence-corrected chi connectivity index (χ4v) is 3.43. The zero-order valence-electron chi connectivity index (χ0n) is 13.3. The van der Waals surface area contributed by atoms with Gasteiger partial charge in [0.05, 0.1) is 6.54 Å². The minimum atomic E-state index is 0.234. The van der Waals surface area contributed by atoms with Crippen LogP contribution in [0.15, 0.2) is 54.6 Å². The van der Waals surface area contributed by atoms with Crippen molar-refractivity contribution in [3.05, 3.63) is 65.7 Å². The summed E-state index contributed by atoms with van der Waals surface area (Å²) in [5.41, 5.74) is 3.68. The Labute approximate surface area is 137 Å². The number of hydrogen-bond acceptors (Lipinski definition) is 2. The highest BCUT2D eigenvalue weighted by Crippen LogP contribution is 2.30. The zero-order chi connectivity index (χ0) is 15.6. The molecule has 1 fully saturated rings. The topological polar surface area (TPSA) is 23.6 Å². The second-order valence-electron chi connectivity index (χ2n) is 6.55. The zero-order valence-corrected chi connectivity index (χ0v) is 13.3. The van der Waals surface area contributed by atoms with Gasteiger partial charge in [0.2, 0.25) is 5.91 Å². The van der Waals surface area contributed by atoms with E-state index in [9.17, 15) is 4.79 Å². The van der Waals surface area contributed by atoms with Gasteiger partial charge in [-0.1, -0.05) is 48.5 Å². The van der Waals surface area contributed by atoms with Gasteiger partial charge in [0.15, 0.2) is 0 Å². The van der Waals surface area contributed by atoms with Crippen LogP contribution in [-0.2, 0) is 17.8 Å². The van der Waals surface area contributed by atoms with Crippen molar-refractivity contribution in [2.24, 2.45) is 0 Å². The van der Waals surface area contributed by atoms with Gasteiger partial charge in [-0.05, 0) is 36.5 Å². The van der Waals surface area contributed by atoms with Gasteiger partial charge in [0.1, 0.15) is 0 Å². The predicted octanol–water partition coefficient (Wildman–Crippen LogP) is 3.24. The largest absolute Gasteiger partial charge is 0.311 e. The third kappa shape index (κ3) is 3.15. The maximum Gasteiger partial charge on any atom is 0.241 e. The van der Waals surface area contributed by atoms with E-state index in [1.807, 2.05) is 17.0 Å².